The van der Waals surface area contributed by atoms with Crippen LogP contribution in [0, 0.1) is 0 Å². The Labute approximate surface area is 153 Å². The lowest BCUT2D eigenvalue weighted by atomic mass is 10.1. The molecule has 3 rings (SSSR count). The van der Waals surface area contributed by atoms with E-state index in [9.17, 15) is 9.90 Å². The number of carbonyl (C=O) groups is 1. The van der Waals surface area contributed by atoms with Crippen LogP contribution in [0.25, 0.3) is 10.9 Å². The average Bonchev–Trinajstić information content (AvgIpc) is 2.98. The van der Waals surface area contributed by atoms with Gasteiger partial charge < -0.3 is 14.6 Å². The van der Waals surface area contributed by atoms with Gasteiger partial charge in [-0.25, -0.2) is 4.98 Å². The van der Waals surface area contributed by atoms with Gasteiger partial charge in [-0.2, -0.15) is 0 Å². The summed E-state index contributed by atoms with van der Waals surface area (Å²) < 4.78 is 12.1. The Balaban J connectivity index is 2.00. The summed E-state index contributed by atoms with van der Waals surface area (Å²) >= 11 is 0. The zero-order chi connectivity index (χ0) is 18.7. The van der Waals surface area contributed by atoms with Crippen LogP contribution in [0.2, 0.25) is 0 Å². The number of fused-ring (bicyclic) bond motifs is 1. The second kappa shape index (κ2) is 7.74. The van der Waals surface area contributed by atoms with Crippen molar-refractivity contribution in [2.24, 2.45) is 0 Å². The molecule has 0 bridgehead atoms. The summed E-state index contributed by atoms with van der Waals surface area (Å²) in [6.45, 7) is 6.85. The number of nitrogens with zero attached hydrogens (tertiary/aromatic N) is 2. The van der Waals surface area contributed by atoms with Crippen LogP contribution >= 0.6 is 0 Å². The minimum atomic E-state index is -0.827. The molecule has 6 heteroatoms. The predicted molar refractivity (Wildman–Crippen MR) is 99.9 cm³/mol. The van der Waals surface area contributed by atoms with Crippen molar-refractivity contribution in [2.45, 2.75) is 31.9 Å². The molecule has 1 N–H and O–H groups in total. The number of aromatic nitrogens is 1. The number of hydrogen-bond donors (Lipinski definition) is 1. The fourth-order valence-corrected chi connectivity index (χ4v) is 3.42. The zero-order valence-electron chi connectivity index (χ0n) is 15.1. The standard InChI is InChI=1S/C20H24N2O4/c1-4-8-15-18(25-5-2)14-9-6-7-10-16(14)21-19(15)26-13-11-17(20(23)24)22(3)12-13/h4,6-7,9-10,13,17H,1,5,8,11-12H2,2-3H3,(H,23,24)/t13-,17+/m1/s1. The number of carboxylic acid groups (broad SMARTS) is 1. The van der Waals surface area contributed by atoms with Gasteiger partial charge in [0.05, 0.1) is 17.7 Å². The number of likely N-dealkylation sites (N-methyl/N-ethyl adjacent to an activating group) is 1. The third kappa shape index (κ3) is 3.51. The first-order valence-electron chi connectivity index (χ1n) is 8.80. The normalized spacial score (nSPS) is 20.2. The van der Waals surface area contributed by atoms with Gasteiger partial charge in [0.1, 0.15) is 17.9 Å². The van der Waals surface area contributed by atoms with Crippen LogP contribution in [0.3, 0.4) is 0 Å². The molecule has 1 aliphatic heterocycles. The van der Waals surface area contributed by atoms with Crippen molar-refractivity contribution < 1.29 is 19.4 Å². The molecule has 2 aromatic rings. The summed E-state index contributed by atoms with van der Waals surface area (Å²) in [4.78, 5) is 17.8. The van der Waals surface area contributed by atoms with Crippen molar-refractivity contribution in [3.05, 3.63) is 42.5 Å². The smallest absolute Gasteiger partial charge is 0.321 e. The topological polar surface area (TPSA) is 71.9 Å². The van der Waals surface area contributed by atoms with Crippen LogP contribution in [-0.2, 0) is 11.2 Å². The average molecular weight is 356 g/mol. The summed E-state index contributed by atoms with van der Waals surface area (Å²) in [6, 6.07) is 7.24. The first-order chi connectivity index (χ1) is 12.5. The van der Waals surface area contributed by atoms with Crippen LogP contribution in [-0.4, -0.2) is 53.3 Å². The van der Waals surface area contributed by atoms with E-state index in [1.165, 1.54) is 0 Å². The van der Waals surface area contributed by atoms with Crippen LogP contribution in [0.15, 0.2) is 36.9 Å². The number of benzene rings is 1. The van der Waals surface area contributed by atoms with Crippen LogP contribution < -0.4 is 9.47 Å². The molecule has 1 aliphatic rings. The molecule has 2 heterocycles. The predicted octanol–water partition coefficient (Wildman–Crippen LogP) is 2.90. The highest BCUT2D eigenvalue weighted by Gasteiger charge is 2.36. The van der Waals surface area contributed by atoms with Gasteiger partial charge in [-0.05, 0) is 32.5 Å². The summed E-state index contributed by atoms with van der Waals surface area (Å²) in [5.74, 6) is 0.428. The summed E-state index contributed by atoms with van der Waals surface area (Å²) in [6.07, 6.45) is 2.56. The number of rotatable bonds is 7. The number of ether oxygens (including phenoxy) is 2. The fraction of sp³-hybridized carbons (Fsp3) is 0.400. The molecule has 2 atom stereocenters. The fourth-order valence-electron chi connectivity index (χ4n) is 3.42. The van der Waals surface area contributed by atoms with Crippen LogP contribution in [0.1, 0.15) is 18.9 Å². The van der Waals surface area contributed by atoms with Crippen molar-refractivity contribution in [1.82, 2.24) is 9.88 Å². The molecule has 0 radical (unpaired) electrons. The second-order valence-electron chi connectivity index (χ2n) is 6.44. The minimum absolute atomic E-state index is 0.229. The van der Waals surface area contributed by atoms with Crippen LogP contribution in [0.5, 0.6) is 11.6 Å². The van der Waals surface area contributed by atoms with E-state index in [0.29, 0.717) is 31.9 Å². The van der Waals surface area contributed by atoms with Gasteiger partial charge >= 0.3 is 5.97 Å². The van der Waals surface area contributed by atoms with E-state index in [4.69, 9.17) is 9.47 Å². The van der Waals surface area contributed by atoms with Gasteiger partial charge in [0.25, 0.3) is 0 Å². The maximum absolute atomic E-state index is 11.3. The maximum atomic E-state index is 11.3. The minimum Gasteiger partial charge on any atom is -0.493 e. The monoisotopic (exact) mass is 356 g/mol. The first-order valence-corrected chi connectivity index (χ1v) is 8.80. The molecule has 1 fully saturated rings. The quantitative estimate of drug-likeness (QED) is 0.769. The molecule has 0 aliphatic carbocycles. The molecular formula is C20H24N2O4. The molecule has 0 amide bonds. The highest BCUT2D eigenvalue weighted by Crippen LogP contribution is 2.36. The van der Waals surface area contributed by atoms with E-state index in [2.05, 4.69) is 11.6 Å². The lowest BCUT2D eigenvalue weighted by Crippen LogP contribution is -2.32. The highest BCUT2D eigenvalue weighted by molar-refractivity contribution is 5.87. The molecule has 6 nitrogen and oxygen atoms in total. The molecule has 138 valence electrons. The summed E-state index contributed by atoms with van der Waals surface area (Å²) in [5, 5.41) is 10.3. The largest absolute Gasteiger partial charge is 0.493 e. The Morgan fingerprint density at radius 1 is 1.46 bits per heavy atom. The Morgan fingerprint density at radius 2 is 2.23 bits per heavy atom. The van der Waals surface area contributed by atoms with Gasteiger partial charge in [-0.1, -0.05) is 18.2 Å². The van der Waals surface area contributed by atoms with E-state index < -0.39 is 12.0 Å². The van der Waals surface area contributed by atoms with Crippen LogP contribution in [0.4, 0.5) is 0 Å². The molecule has 0 spiro atoms. The third-order valence-corrected chi connectivity index (χ3v) is 4.61. The molecular weight excluding hydrogens is 332 g/mol. The summed E-state index contributed by atoms with van der Waals surface area (Å²) in [5.41, 5.74) is 1.64. The summed E-state index contributed by atoms with van der Waals surface area (Å²) in [7, 11) is 1.80. The van der Waals surface area contributed by atoms with Crippen molar-refractivity contribution in [3.8, 4) is 11.6 Å². The number of para-hydroxylation sites is 1. The van der Waals surface area contributed by atoms with Gasteiger partial charge in [0.2, 0.25) is 5.88 Å². The zero-order valence-corrected chi connectivity index (χ0v) is 15.1. The van der Waals surface area contributed by atoms with Gasteiger partial charge in [0, 0.05) is 18.4 Å². The maximum Gasteiger partial charge on any atom is 0.321 e. The molecule has 0 saturated carbocycles. The first kappa shape index (κ1) is 18.2. The Hall–Kier alpha value is -2.60. The van der Waals surface area contributed by atoms with E-state index in [0.717, 1.165) is 22.2 Å². The number of pyridine rings is 1. The third-order valence-electron chi connectivity index (χ3n) is 4.61. The van der Waals surface area contributed by atoms with E-state index in [1.807, 2.05) is 31.2 Å². The second-order valence-corrected chi connectivity index (χ2v) is 6.44. The number of hydrogen-bond acceptors (Lipinski definition) is 5. The Kier molecular flexibility index (Phi) is 5.42. The molecule has 0 unspecified atom stereocenters. The number of allylic oxidation sites excluding steroid dienone is 1. The van der Waals surface area contributed by atoms with Crippen molar-refractivity contribution in [2.75, 3.05) is 20.2 Å². The van der Waals surface area contributed by atoms with E-state index in [1.54, 1.807) is 18.0 Å². The van der Waals surface area contributed by atoms with Crippen molar-refractivity contribution >= 4 is 16.9 Å². The SMILES string of the molecule is C=CCc1c(O[C@@H]2C[C@@H](C(=O)O)N(C)C2)nc2ccccc2c1OCC. The molecule has 1 aromatic heterocycles. The van der Waals surface area contributed by atoms with Gasteiger partial charge in [-0.3, -0.25) is 9.69 Å². The Morgan fingerprint density at radius 3 is 2.88 bits per heavy atom. The molecule has 1 aromatic carbocycles. The number of carboxylic acids is 1. The van der Waals surface area contributed by atoms with E-state index in [-0.39, 0.29) is 6.10 Å². The Bertz CT molecular complexity index is 821. The lowest BCUT2D eigenvalue weighted by molar-refractivity contribution is -0.141. The van der Waals surface area contributed by atoms with Gasteiger partial charge in [-0.15, -0.1) is 6.58 Å². The molecule has 1 saturated heterocycles. The number of likely N-dealkylation sites (tertiary alicyclic amines) is 1. The number of aliphatic carboxylic acids is 1. The van der Waals surface area contributed by atoms with Crippen molar-refractivity contribution in [1.29, 1.82) is 0 Å². The highest BCUT2D eigenvalue weighted by atomic mass is 16.5. The van der Waals surface area contributed by atoms with E-state index >= 15 is 0 Å². The lowest BCUT2D eigenvalue weighted by Gasteiger charge is -2.19. The van der Waals surface area contributed by atoms with Gasteiger partial charge in [0.15, 0.2) is 0 Å². The molecule has 26 heavy (non-hydrogen) atoms. The van der Waals surface area contributed by atoms with Crippen molar-refractivity contribution in [3.63, 3.8) is 0 Å².